The summed E-state index contributed by atoms with van der Waals surface area (Å²) in [4.78, 5) is 28.5. The summed E-state index contributed by atoms with van der Waals surface area (Å²) in [5.41, 5.74) is 1.09. The Morgan fingerprint density at radius 1 is 1.33 bits per heavy atom. The standard InChI is InChI=1S/C15H12Cl2N4O3/c1-8-13(14(17)20(2)19-8)15(23)24-7-10-5-12(22)21-6-9(16)3-4-11(21)18-10/h3-6H,7H2,1-2H3. The highest BCUT2D eigenvalue weighted by Crippen LogP contribution is 2.20. The molecule has 3 rings (SSSR count). The van der Waals surface area contributed by atoms with Crippen molar-refractivity contribution >= 4 is 34.8 Å². The Morgan fingerprint density at radius 3 is 2.75 bits per heavy atom. The lowest BCUT2D eigenvalue weighted by atomic mass is 10.3. The summed E-state index contributed by atoms with van der Waals surface area (Å²) in [6, 6.07) is 4.52. The van der Waals surface area contributed by atoms with Gasteiger partial charge in [0.15, 0.2) is 0 Å². The van der Waals surface area contributed by atoms with Crippen molar-refractivity contribution in [1.82, 2.24) is 19.2 Å². The molecule has 9 heteroatoms. The Balaban J connectivity index is 1.84. The molecule has 3 heterocycles. The fourth-order valence-corrected chi connectivity index (χ4v) is 2.69. The highest BCUT2D eigenvalue weighted by atomic mass is 35.5. The topological polar surface area (TPSA) is 78.5 Å². The van der Waals surface area contributed by atoms with Crippen molar-refractivity contribution in [3.8, 4) is 0 Å². The van der Waals surface area contributed by atoms with Crippen LogP contribution in [0.2, 0.25) is 10.2 Å². The molecule has 24 heavy (non-hydrogen) atoms. The fraction of sp³-hybridized carbons (Fsp3) is 0.200. The monoisotopic (exact) mass is 366 g/mol. The molecule has 7 nitrogen and oxygen atoms in total. The van der Waals surface area contributed by atoms with Gasteiger partial charge in [-0.15, -0.1) is 0 Å². The molecule has 124 valence electrons. The minimum Gasteiger partial charge on any atom is -0.455 e. The lowest BCUT2D eigenvalue weighted by molar-refractivity contribution is 0.0467. The number of ether oxygens (including phenoxy) is 1. The summed E-state index contributed by atoms with van der Waals surface area (Å²) < 4.78 is 7.91. The molecule has 0 fully saturated rings. The first-order valence-electron chi connectivity index (χ1n) is 6.91. The lowest BCUT2D eigenvalue weighted by Crippen LogP contribution is -2.16. The zero-order valence-corrected chi connectivity index (χ0v) is 14.3. The van der Waals surface area contributed by atoms with Gasteiger partial charge >= 0.3 is 5.97 Å². The molecule has 0 bridgehead atoms. The van der Waals surface area contributed by atoms with Gasteiger partial charge in [-0.2, -0.15) is 5.10 Å². The van der Waals surface area contributed by atoms with Gasteiger partial charge in [0.25, 0.3) is 5.56 Å². The average Bonchev–Trinajstić information content (AvgIpc) is 2.78. The molecule has 0 saturated carbocycles. The third-order valence-electron chi connectivity index (χ3n) is 3.38. The Morgan fingerprint density at radius 2 is 2.08 bits per heavy atom. The van der Waals surface area contributed by atoms with Gasteiger partial charge in [-0.3, -0.25) is 13.9 Å². The second-order valence-corrected chi connectivity index (χ2v) is 5.91. The molecule has 0 unspecified atom stereocenters. The molecule has 0 atom stereocenters. The van der Waals surface area contributed by atoms with Crippen molar-refractivity contribution in [2.45, 2.75) is 13.5 Å². The number of pyridine rings is 1. The van der Waals surface area contributed by atoms with Crippen LogP contribution in [0.1, 0.15) is 21.7 Å². The van der Waals surface area contributed by atoms with E-state index in [0.29, 0.717) is 22.1 Å². The van der Waals surface area contributed by atoms with E-state index in [1.807, 2.05) is 0 Å². The molecule has 3 aromatic rings. The molecule has 0 aliphatic rings. The van der Waals surface area contributed by atoms with Crippen LogP contribution in [0.3, 0.4) is 0 Å². The molecule has 0 amide bonds. The van der Waals surface area contributed by atoms with E-state index in [1.165, 1.54) is 21.3 Å². The Kier molecular flexibility index (Phi) is 4.29. The van der Waals surface area contributed by atoms with E-state index in [0.717, 1.165) is 0 Å². The van der Waals surface area contributed by atoms with Crippen LogP contribution in [0.4, 0.5) is 0 Å². The van der Waals surface area contributed by atoms with E-state index in [2.05, 4.69) is 10.1 Å². The molecule has 0 aliphatic heterocycles. The van der Waals surface area contributed by atoms with Crippen LogP contribution in [-0.4, -0.2) is 25.1 Å². The zero-order chi connectivity index (χ0) is 17.4. The molecule has 0 radical (unpaired) electrons. The molecule has 0 spiro atoms. The smallest absolute Gasteiger partial charge is 0.343 e. The van der Waals surface area contributed by atoms with Gasteiger partial charge in [-0.1, -0.05) is 23.2 Å². The van der Waals surface area contributed by atoms with E-state index >= 15 is 0 Å². The van der Waals surface area contributed by atoms with E-state index in [1.54, 1.807) is 26.1 Å². The SMILES string of the molecule is Cc1nn(C)c(Cl)c1C(=O)OCc1cc(=O)n2cc(Cl)ccc2n1. The summed E-state index contributed by atoms with van der Waals surface area (Å²) in [7, 11) is 1.63. The van der Waals surface area contributed by atoms with Crippen LogP contribution < -0.4 is 5.56 Å². The highest BCUT2D eigenvalue weighted by molar-refractivity contribution is 6.32. The first-order valence-corrected chi connectivity index (χ1v) is 7.66. The Hall–Kier alpha value is -2.38. The molecule has 3 aromatic heterocycles. The number of hydrogen-bond acceptors (Lipinski definition) is 5. The lowest BCUT2D eigenvalue weighted by Gasteiger charge is -2.06. The molecule has 0 aliphatic carbocycles. The number of carbonyl (C=O) groups excluding carboxylic acids is 1. The molecular formula is C15H12Cl2N4O3. The summed E-state index contributed by atoms with van der Waals surface area (Å²) in [5.74, 6) is -0.622. The number of nitrogens with zero attached hydrogens (tertiary/aromatic N) is 4. The van der Waals surface area contributed by atoms with E-state index < -0.39 is 5.97 Å². The fourth-order valence-electron chi connectivity index (χ4n) is 2.27. The summed E-state index contributed by atoms with van der Waals surface area (Å²) >= 11 is 11.9. The predicted octanol–water partition coefficient (Wildman–Crippen LogP) is 2.40. The van der Waals surface area contributed by atoms with E-state index in [-0.39, 0.29) is 22.9 Å². The molecule has 0 N–H and O–H groups in total. The normalized spacial score (nSPS) is 11.0. The first-order chi connectivity index (χ1) is 11.4. The Labute approximate surface area is 146 Å². The number of aromatic nitrogens is 4. The van der Waals surface area contributed by atoms with Crippen molar-refractivity contribution in [3.05, 3.63) is 61.9 Å². The van der Waals surface area contributed by atoms with E-state index in [4.69, 9.17) is 27.9 Å². The van der Waals surface area contributed by atoms with Crippen molar-refractivity contribution in [1.29, 1.82) is 0 Å². The van der Waals surface area contributed by atoms with Gasteiger partial charge in [0.1, 0.15) is 23.0 Å². The average molecular weight is 367 g/mol. The quantitative estimate of drug-likeness (QED) is 0.665. The number of hydrogen-bond donors (Lipinski definition) is 0. The number of carbonyl (C=O) groups is 1. The van der Waals surface area contributed by atoms with Crippen molar-refractivity contribution < 1.29 is 9.53 Å². The zero-order valence-electron chi connectivity index (χ0n) is 12.8. The third-order valence-corrected chi connectivity index (χ3v) is 4.04. The summed E-state index contributed by atoms with van der Waals surface area (Å²) in [5, 5.41) is 4.67. The van der Waals surface area contributed by atoms with Gasteiger partial charge < -0.3 is 4.74 Å². The maximum atomic E-state index is 12.2. The van der Waals surface area contributed by atoms with Crippen LogP contribution in [0.5, 0.6) is 0 Å². The Bertz CT molecular complexity index is 1010. The van der Waals surface area contributed by atoms with Gasteiger partial charge in [-0.05, 0) is 19.1 Å². The second-order valence-electron chi connectivity index (χ2n) is 5.11. The van der Waals surface area contributed by atoms with Crippen molar-refractivity contribution in [3.63, 3.8) is 0 Å². The highest BCUT2D eigenvalue weighted by Gasteiger charge is 2.20. The number of esters is 1. The number of halogens is 2. The number of rotatable bonds is 3. The molecule has 0 saturated heterocycles. The van der Waals surface area contributed by atoms with Crippen LogP contribution in [-0.2, 0) is 18.4 Å². The van der Waals surface area contributed by atoms with Crippen molar-refractivity contribution in [2.24, 2.45) is 7.05 Å². The second kappa shape index (κ2) is 6.26. The van der Waals surface area contributed by atoms with Gasteiger partial charge in [0.2, 0.25) is 0 Å². The molecular weight excluding hydrogens is 355 g/mol. The maximum Gasteiger partial charge on any atom is 0.343 e. The van der Waals surface area contributed by atoms with E-state index in [9.17, 15) is 9.59 Å². The summed E-state index contributed by atoms with van der Waals surface area (Å²) in [6.07, 6.45) is 1.47. The largest absolute Gasteiger partial charge is 0.455 e. The number of fused-ring (bicyclic) bond motifs is 1. The predicted molar refractivity (Wildman–Crippen MR) is 88.5 cm³/mol. The summed E-state index contributed by atoms with van der Waals surface area (Å²) in [6.45, 7) is 1.50. The van der Waals surface area contributed by atoms with Gasteiger partial charge in [0, 0.05) is 19.3 Å². The minimum atomic E-state index is -0.622. The minimum absolute atomic E-state index is 0.155. The molecule has 0 aromatic carbocycles. The first kappa shape index (κ1) is 16.5. The van der Waals surface area contributed by atoms with Gasteiger partial charge in [0.05, 0.1) is 16.4 Å². The maximum absolute atomic E-state index is 12.2. The third kappa shape index (κ3) is 3.00. The van der Waals surface area contributed by atoms with Crippen LogP contribution in [0.15, 0.2) is 29.2 Å². The van der Waals surface area contributed by atoms with Crippen LogP contribution in [0, 0.1) is 6.92 Å². The van der Waals surface area contributed by atoms with Crippen LogP contribution in [0.25, 0.3) is 5.65 Å². The van der Waals surface area contributed by atoms with Crippen molar-refractivity contribution in [2.75, 3.05) is 0 Å². The van der Waals surface area contributed by atoms with Crippen LogP contribution >= 0.6 is 23.2 Å². The van der Waals surface area contributed by atoms with Gasteiger partial charge in [-0.25, -0.2) is 9.78 Å². The number of aryl methyl sites for hydroxylation is 2.